The Bertz CT molecular complexity index is 1020. The quantitative estimate of drug-likeness (QED) is 0.720. The largest absolute Gasteiger partial charge is 0.354 e. The minimum Gasteiger partial charge on any atom is -0.354 e. The minimum atomic E-state index is -0.421. The van der Waals surface area contributed by atoms with Crippen LogP contribution in [-0.4, -0.2) is 31.1 Å². The summed E-state index contributed by atoms with van der Waals surface area (Å²) in [5.41, 5.74) is 0.202. The van der Waals surface area contributed by atoms with E-state index in [0.717, 1.165) is 0 Å². The molecular weight excluding hydrogens is 349 g/mol. The molecule has 2 heterocycles. The zero-order valence-electron chi connectivity index (χ0n) is 15.5. The molecule has 142 valence electrons. The highest BCUT2D eigenvalue weighted by Crippen LogP contribution is 2.12. The third kappa shape index (κ3) is 4.21. The van der Waals surface area contributed by atoms with Crippen LogP contribution in [0.1, 0.15) is 33.0 Å². The number of nitrogens with zero attached hydrogens (tertiary/aromatic N) is 4. The third-order valence-corrected chi connectivity index (χ3v) is 4.14. The van der Waals surface area contributed by atoms with Gasteiger partial charge in [-0.3, -0.25) is 18.6 Å². The van der Waals surface area contributed by atoms with E-state index in [-0.39, 0.29) is 29.1 Å². The lowest BCUT2D eigenvalue weighted by atomic mass is 10.0. The first-order valence-electron chi connectivity index (χ1n) is 8.85. The van der Waals surface area contributed by atoms with Gasteiger partial charge in [0.2, 0.25) is 11.6 Å². The van der Waals surface area contributed by atoms with Crippen molar-refractivity contribution in [3.05, 3.63) is 58.7 Å². The fourth-order valence-corrected chi connectivity index (χ4v) is 2.98. The van der Waals surface area contributed by atoms with Crippen molar-refractivity contribution >= 4 is 11.6 Å². The van der Waals surface area contributed by atoms with Gasteiger partial charge in [0.25, 0.3) is 0 Å². The Morgan fingerprint density at radius 2 is 2.00 bits per heavy atom. The molecule has 0 saturated carbocycles. The summed E-state index contributed by atoms with van der Waals surface area (Å²) in [6.07, 6.45) is 4.12. The topological polar surface area (TPSA) is 81.3 Å². The van der Waals surface area contributed by atoms with Gasteiger partial charge in [0.05, 0.1) is 5.69 Å². The number of carbonyl (C=O) groups excluding carboxylic acids is 1. The zero-order valence-corrected chi connectivity index (χ0v) is 15.5. The molecule has 3 rings (SSSR count). The van der Waals surface area contributed by atoms with E-state index in [4.69, 9.17) is 0 Å². The number of carbonyl (C=O) groups is 1. The van der Waals surface area contributed by atoms with Crippen LogP contribution in [0.2, 0.25) is 0 Å². The summed E-state index contributed by atoms with van der Waals surface area (Å²) in [5.74, 6) is 0.217. The van der Waals surface area contributed by atoms with E-state index in [1.807, 2.05) is 20.8 Å². The lowest BCUT2D eigenvalue weighted by Gasteiger charge is -2.12. The van der Waals surface area contributed by atoms with Crippen molar-refractivity contribution in [3.8, 4) is 5.69 Å². The Labute approximate surface area is 155 Å². The highest BCUT2D eigenvalue weighted by molar-refractivity contribution is 5.76. The summed E-state index contributed by atoms with van der Waals surface area (Å²) in [5, 5.41) is 11.0. The van der Waals surface area contributed by atoms with Crippen LogP contribution in [0.15, 0.2) is 41.5 Å². The molecule has 3 aromatic rings. The number of fused-ring (bicyclic) bond motifs is 1. The van der Waals surface area contributed by atoms with Gasteiger partial charge in [-0.2, -0.15) is 0 Å². The normalized spacial score (nSPS) is 12.5. The smallest absolute Gasteiger partial charge is 0.300 e. The summed E-state index contributed by atoms with van der Waals surface area (Å²) in [6, 6.07) is 5.89. The van der Waals surface area contributed by atoms with Gasteiger partial charge in [0.1, 0.15) is 11.6 Å². The maximum Gasteiger partial charge on any atom is 0.300 e. The number of aromatic nitrogens is 4. The Morgan fingerprint density at radius 3 is 2.70 bits per heavy atom. The van der Waals surface area contributed by atoms with Gasteiger partial charge >= 0.3 is 5.56 Å². The molecule has 0 saturated heterocycles. The van der Waals surface area contributed by atoms with Gasteiger partial charge in [-0.15, -0.1) is 10.2 Å². The molecule has 2 aromatic heterocycles. The van der Waals surface area contributed by atoms with Gasteiger partial charge in [0.15, 0.2) is 0 Å². The van der Waals surface area contributed by atoms with Gasteiger partial charge in [-0.1, -0.05) is 13.0 Å². The summed E-state index contributed by atoms with van der Waals surface area (Å²) < 4.78 is 16.4. The molecule has 7 nitrogen and oxygen atoms in total. The number of hydrogen-bond acceptors (Lipinski definition) is 4. The van der Waals surface area contributed by atoms with Crippen molar-refractivity contribution in [2.45, 2.75) is 39.7 Å². The Balaban J connectivity index is 1.84. The number of benzene rings is 1. The molecule has 8 heteroatoms. The Hall–Kier alpha value is -3.03. The standard InChI is InChI=1S/C19H22FN5O2/c1-12(2)21-17(26)10-13(3)9-16-22-23-18-19(27)24(7-8-25(16)18)15-6-4-5-14(20)11-15/h4-8,11-13H,9-10H2,1-3H3,(H,21,26)/t13-/m1/s1. The number of halogens is 1. The molecule has 0 fully saturated rings. The SMILES string of the molecule is CC(C)NC(=O)C[C@H](C)Cc1nnc2c(=O)n(-c3cccc(F)c3)ccn12. The summed E-state index contributed by atoms with van der Waals surface area (Å²) in [7, 11) is 0. The number of nitrogens with one attached hydrogen (secondary N) is 1. The van der Waals surface area contributed by atoms with Crippen LogP contribution < -0.4 is 10.9 Å². The van der Waals surface area contributed by atoms with Crippen molar-refractivity contribution in [3.63, 3.8) is 0 Å². The molecular formula is C19H22FN5O2. The van der Waals surface area contributed by atoms with Crippen LogP contribution in [0.25, 0.3) is 11.3 Å². The lowest BCUT2D eigenvalue weighted by Crippen LogP contribution is -2.31. The molecule has 1 amide bonds. The van der Waals surface area contributed by atoms with Gasteiger partial charge in [-0.05, 0) is 38.0 Å². The molecule has 27 heavy (non-hydrogen) atoms. The molecule has 0 aliphatic rings. The maximum atomic E-state index is 13.4. The van der Waals surface area contributed by atoms with Crippen molar-refractivity contribution in [1.82, 2.24) is 24.5 Å². The van der Waals surface area contributed by atoms with E-state index >= 15 is 0 Å². The maximum absolute atomic E-state index is 13.4. The highest BCUT2D eigenvalue weighted by atomic mass is 19.1. The fourth-order valence-electron chi connectivity index (χ4n) is 2.98. The van der Waals surface area contributed by atoms with E-state index in [1.165, 1.54) is 16.7 Å². The molecule has 1 N–H and O–H groups in total. The molecule has 0 aliphatic heterocycles. The molecule has 0 aliphatic carbocycles. The summed E-state index contributed by atoms with van der Waals surface area (Å²) in [6.45, 7) is 5.78. The minimum absolute atomic E-state index is 0.0141. The zero-order chi connectivity index (χ0) is 19.6. The Kier molecular flexibility index (Phi) is 5.34. The van der Waals surface area contributed by atoms with Crippen molar-refractivity contribution in [2.24, 2.45) is 5.92 Å². The van der Waals surface area contributed by atoms with Crippen LogP contribution in [-0.2, 0) is 11.2 Å². The van der Waals surface area contributed by atoms with Crippen LogP contribution in [0.4, 0.5) is 4.39 Å². The van der Waals surface area contributed by atoms with Crippen molar-refractivity contribution in [1.29, 1.82) is 0 Å². The second-order valence-corrected chi connectivity index (χ2v) is 7.00. The molecule has 0 radical (unpaired) electrons. The molecule has 0 unspecified atom stereocenters. The van der Waals surface area contributed by atoms with E-state index in [2.05, 4.69) is 15.5 Å². The van der Waals surface area contributed by atoms with E-state index in [0.29, 0.717) is 24.4 Å². The van der Waals surface area contributed by atoms with Gasteiger partial charge in [-0.25, -0.2) is 4.39 Å². The second-order valence-electron chi connectivity index (χ2n) is 7.00. The van der Waals surface area contributed by atoms with Crippen molar-refractivity contribution in [2.75, 3.05) is 0 Å². The Morgan fingerprint density at radius 1 is 1.22 bits per heavy atom. The lowest BCUT2D eigenvalue weighted by molar-refractivity contribution is -0.122. The first kappa shape index (κ1) is 18.8. The highest BCUT2D eigenvalue weighted by Gasteiger charge is 2.16. The van der Waals surface area contributed by atoms with Gasteiger partial charge < -0.3 is 5.32 Å². The summed E-state index contributed by atoms with van der Waals surface area (Å²) in [4.78, 5) is 24.6. The average molecular weight is 371 g/mol. The molecule has 0 spiro atoms. The first-order chi connectivity index (χ1) is 12.8. The van der Waals surface area contributed by atoms with E-state index in [1.54, 1.807) is 28.9 Å². The summed E-state index contributed by atoms with van der Waals surface area (Å²) >= 11 is 0. The van der Waals surface area contributed by atoms with Gasteiger partial charge in [0, 0.05) is 31.3 Å². The molecule has 0 bridgehead atoms. The first-order valence-corrected chi connectivity index (χ1v) is 8.85. The van der Waals surface area contributed by atoms with Crippen LogP contribution in [0, 0.1) is 11.7 Å². The number of hydrogen-bond donors (Lipinski definition) is 1. The van der Waals surface area contributed by atoms with Crippen LogP contribution in [0.3, 0.4) is 0 Å². The average Bonchev–Trinajstić information content (AvgIpc) is 2.98. The van der Waals surface area contributed by atoms with E-state index < -0.39 is 5.82 Å². The van der Waals surface area contributed by atoms with Crippen molar-refractivity contribution < 1.29 is 9.18 Å². The number of rotatable bonds is 6. The predicted octanol–water partition coefficient (Wildman–Crippen LogP) is 2.11. The monoisotopic (exact) mass is 371 g/mol. The predicted molar refractivity (Wildman–Crippen MR) is 99.3 cm³/mol. The van der Waals surface area contributed by atoms with Crippen LogP contribution >= 0.6 is 0 Å². The van der Waals surface area contributed by atoms with E-state index in [9.17, 15) is 14.0 Å². The number of amides is 1. The fraction of sp³-hybridized carbons (Fsp3) is 0.368. The second kappa shape index (κ2) is 7.69. The molecule has 1 atom stereocenters. The third-order valence-electron chi connectivity index (χ3n) is 4.14. The van der Waals surface area contributed by atoms with Crippen LogP contribution in [0.5, 0.6) is 0 Å². The molecule has 1 aromatic carbocycles.